The third-order valence-corrected chi connectivity index (χ3v) is 5.65. The Kier molecular flexibility index (Phi) is 5.81. The van der Waals surface area contributed by atoms with E-state index in [2.05, 4.69) is 29.2 Å². The summed E-state index contributed by atoms with van der Waals surface area (Å²) < 4.78 is 26.0. The van der Waals surface area contributed by atoms with Gasteiger partial charge in [0.15, 0.2) is 11.5 Å². The molecule has 0 saturated heterocycles. The number of nitrogens with zero attached hydrogens (tertiary/aromatic N) is 1. The highest BCUT2D eigenvalue weighted by atomic mass is 19.1. The van der Waals surface area contributed by atoms with E-state index in [0.29, 0.717) is 17.1 Å². The zero-order valence-electron chi connectivity index (χ0n) is 17.0. The minimum Gasteiger partial charge on any atom is -0.493 e. The largest absolute Gasteiger partial charge is 0.493 e. The molecule has 0 amide bonds. The molecule has 1 aliphatic rings. The first-order valence-corrected chi connectivity index (χ1v) is 9.99. The molecule has 0 unspecified atom stereocenters. The van der Waals surface area contributed by atoms with Crippen LogP contribution in [0.1, 0.15) is 16.7 Å². The highest BCUT2D eigenvalue weighted by Gasteiger charge is 2.26. The van der Waals surface area contributed by atoms with Crippen molar-refractivity contribution in [3.8, 4) is 22.6 Å². The van der Waals surface area contributed by atoms with Crippen molar-refractivity contribution in [2.45, 2.75) is 19.4 Å². The van der Waals surface area contributed by atoms with Gasteiger partial charge in [0.25, 0.3) is 0 Å². The van der Waals surface area contributed by atoms with Crippen molar-refractivity contribution in [1.82, 2.24) is 4.90 Å². The molecule has 150 valence electrons. The maximum atomic E-state index is 14.8. The Morgan fingerprint density at radius 3 is 2.45 bits per heavy atom. The lowest BCUT2D eigenvalue weighted by molar-refractivity contribution is 0.256. The van der Waals surface area contributed by atoms with Crippen molar-refractivity contribution in [1.29, 1.82) is 0 Å². The zero-order chi connectivity index (χ0) is 20.2. The predicted molar refractivity (Wildman–Crippen MR) is 114 cm³/mol. The molecule has 1 heterocycles. The summed E-state index contributed by atoms with van der Waals surface area (Å²) in [6.07, 6.45) is 1.91. The molecule has 0 N–H and O–H groups in total. The smallest absolute Gasteiger partial charge is 0.168 e. The second-order valence-corrected chi connectivity index (χ2v) is 7.37. The fourth-order valence-electron chi connectivity index (χ4n) is 4.14. The summed E-state index contributed by atoms with van der Waals surface area (Å²) in [7, 11) is 3.24. The van der Waals surface area contributed by atoms with Gasteiger partial charge in [0.1, 0.15) is 5.82 Å². The Morgan fingerprint density at radius 1 is 0.966 bits per heavy atom. The van der Waals surface area contributed by atoms with Gasteiger partial charge < -0.3 is 9.47 Å². The lowest BCUT2D eigenvalue weighted by Gasteiger charge is -2.32. The van der Waals surface area contributed by atoms with E-state index >= 15 is 0 Å². The van der Waals surface area contributed by atoms with Gasteiger partial charge in [0.2, 0.25) is 0 Å². The van der Waals surface area contributed by atoms with Gasteiger partial charge in [0.05, 0.1) is 14.2 Å². The van der Waals surface area contributed by atoms with E-state index in [-0.39, 0.29) is 5.82 Å². The normalized spacial score (nSPS) is 13.8. The molecular formula is C25H26FNO2. The summed E-state index contributed by atoms with van der Waals surface area (Å²) in [6, 6.07) is 19.5. The molecule has 1 aliphatic heterocycles. The van der Waals surface area contributed by atoms with Crippen LogP contribution in [0.5, 0.6) is 11.5 Å². The lowest BCUT2D eigenvalue weighted by atomic mass is 9.89. The molecule has 4 rings (SSSR count). The molecule has 0 bridgehead atoms. The summed E-state index contributed by atoms with van der Waals surface area (Å²) in [5.41, 5.74) is 5.04. The first kappa shape index (κ1) is 19.5. The van der Waals surface area contributed by atoms with Gasteiger partial charge in [-0.15, -0.1) is 0 Å². The summed E-state index contributed by atoms with van der Waals surface area (Å²) >= 11 is 0. The molecular weight excluding hydrogens is 365 g/mol. The average Bonchev–Trinajstić information content (AvgIpc) is 2.77. The van der Waals surface area contributed by atoms with Crippen molar-refractivity contribution in [3.05, 3.63) is 83.2 Å². The first-order valence-electron chi connectivity index (χ1n) is 9.99. The monoisotopic (exact) mass is 391 g/mol. The fourth-order valence-corrected chi connectivity index (χ4v) is 4.14. The second kappa shape index (κ2) is 8.66. The highest BCUT2D eigenvalue weighted by Crippen LogP contribution is 2.45. The van der Waals surface area contributed by atoms with Gasteiger partial charge >= 0.3 is 0 Å². The summed E-state index contributed by atoms with van der Waals surface area (Å²) in [5, 5.41) is 0. The van der Waals surface area contributed by atoms with E-state index in [1.165, 1.54) is 17.2 Å². The van der Waals surface area contributed by atoms with Crippen LogP contribution in [0.4, 0.5) is 4.39 Å². The van der Waals surface area contributed by atoms with E-state index in [1.54, 1.807) is 20.3 Å². The van der Waals surface area contributed by atoms with Crippen molar-refractivity contribution in [2.75, 3.05) is 27.3 Å². The Hall–Kier alpha value is -2.85. The number of hydrogen-bond donors (Lipinski definition) is 0. The third-order valence-electron chi connectivity index (χ3n) is 5.65. The van der Waals surface area contributed by atoms with Crippen LogP contribution in [0.3, 0.4) is 0 Å². The number of halogens is 1. The van der Waals surface area contributed by atoms with Crippen LogP contribution in [0.2, 0.25) is 0 Å². The van der Waals surface area contributed by atoms with Gasteiger partial charge in [-0.05, 0) is 41.7 Å². The minimum atomic E-state index is -0.248. The van der Waals surface area contributed by atoms with Crippen molar-refractivity contribution >= 4 is 0 Å². The van der Waals surface area contributed by atoms with Crippen molar-refractivity contribution < 1.29 is 13.9 Å². The Bertz CT molecular complexity index is 988. The SMILES string of the molecule is COc1cc2c(c(-c3ccccc3F)c1OC)CN(CCc1ccccc1)CC2. The lowest BCUT2D eigenvalue weighted by Crippen LogP contribution is -2.32. The standard InChI is InChI=1S/C25H26FNO2/c1-28-23-16-19-13-15-27(14-12-18-8-4-3-5-9-18)17-21(19)24(25(23)29-2)20-10-6-7-11-22(20)26/h3-11,16H,12-15,17H2,1-2H3. The van der Waals surface area contributed by atoms with Crippen LogP contribution in [-0.2, 0) is 19.4 Å². The summed E-state index contributed by atoms with van der Waals surface area (Å²) in [5.74, 6) is 1.01. The number of hydrogen-bond acceptors (Lipinski definition) is 3. The van der Waals surface area contributed by atoms with E-state index in [4.69, 9.17) is 9.47 Å². The molecule has 0 aliphatic carbocycles. The van der Waals surface area contributed by atoms with E-state index in [0.717, 1.165) is 43.6 Å². The number of rotatable bonds is 6. The predicted octanol–water partition coefficient (Wildman–Crippen LogP) is 5.11. The highest BCUT2D eigenvalue weighted by molar-refractivity contribution is 5.79. The van der Waals surface area contributed by atoms with E-state index in [1.807, 2.05) is 24.3 Å². The molecule has 0 aromatic heterocycles. The number of ether oxygens (including phenoxy) is 2. The Balaban J connectivity index is 1.71. The second-order valence-electron chi connectivity index (χ2n) is 7.37. The molecule has 3 nitrogen and oxygen atoms in total. The molecule has 0 radical (unpaired) electrons. The van der Waals surface area contributed by atoms with E-state index < -0.39 is 0 Å². The topological polar surface area (TPSA) is 21.7 Å². The molecule has 3 aromatic rings. The van der Waals surface area contributed by atoms with Crippen LogP contribution in [0, 0.1) is 5.82 Å². The Morgan fingerprint density at radius 2 is 1.72 bits per heavy atom. The zero-order valence-corrected chi connectivity index (χ0v) is 17.0. The first-order chi connectivity index (χ1) is 14.2. The third kappa shape index (κ3) is 3.99. The minimum absolute atomic E-state index is 0.248. The van der Waals surface area contributed by atoms with Crippen LogP contribution in [0.25, 0.3) is 11.1 Å². The van der Waals surface area contributed by atoms with Gasteiger partial charge in [-0.2, -0.15) is 0 Å². The van der Waals surface area contributed by atoms with Crippen LogP contribution in [0.15, 0.2) is 60.7 Å². The maximum absolute atomic E-state index is 14.8. The van der Waals surface area contributed by atoms with Crippen LogP contribution < -0.4 is 9.47 Å². The fraction of sp³-hybridized carbons (Fsp3) is 0.280. The van der Waals surface area contributed by atoms with Crippen LogP contribution >= 0.6 is 0 Å². The number of methoxy groups -OCH3 is 2. The van der Waals surface area contributed by atoms with E-state index in [9.17, 15) is 4.39 Å². The quantitative estimate of drug-likeness (QED) is 0.583. The van der Waals surface area contributed by atoms with Gasteiger partial charge in [-0.25, -0.2) is 4.39 Å². The van der Waals surface area contributed by atoms with Gasteiger partial charge in [-0.3, -0.25) is 4.90 Å². The summed E-state index contributed by atoms with van der Waals surface area (Å²) in [6.45, 7) is 2.72. The molecule has 0 fully saturated rings. The molecule has 4 heteroatoms. The van der Waals surface area contributed by atoms with Gasteiger partial charge in [-0.1, -0.05) is 48.5 Å². The molecule has 0 atom stereocenters. The average molecular weight is 391 g/mol. The molecule has 0 saturated carbocycles. The molecule has 3 aromatic carbocycles. The van der Waals surface area contributed by atoms with Crippen LogP contribution in [-0.4, -0.2) is 32.2 Å². The van der Waals surface area contributed by atoms with Crippen molar-refractivity contribution in [2.24, 2.45) is 0 Å². The summed E-state index contributed by atoms with van der Waals surface area (Å²) in [4.78, 5) is 2.44. The Labute approximate surface area is 171 Å². The molecule has 29 heavy (non-hydrogen) atoms. The molecule has 0 spiro atoms. The van der Waals surface area contributed by atoms with Crippen molar-refractivity contribution in [3.63, 3.8) is 0 Å². The number of fused-ring (bicyclic) bond motifs is 1. The van der Waals surface area contributed by atoms with Gasteiger partial charge in [0, 0.05) is 30.8 Å². The maximum Gasteiger partial charge on any atom is 0.168 e. The number of benzene rings is 3.